The molecule has 78 valence electrons. The fourth-order valence-electron chi connectivity index (χ4n) is 1.59. The van der Waals surface area contributed by atoms with Gasteiger partial charge in [-0.25, -0.2) is 0 Å². The van der Waals surface area contributed by atoms with Crippen LogP contribution in [0, 0.1) is 5.92 Å². The highest BCUT2D eigenvalue weighted by Crippen LogP contribution is 2.10. The molecular formula is C10H21NOS. The first-order chi connectivity index (χ1) is 6.33. The molecule has 0 N–H and O–H groups in total. The molecule has 1 saturated heterocycles. The van der Waals surface area contributed by atoms with E-state index in [1.165, 1.54) is 19.4 Å². The van der Waals surface area contributed by atoms with Crippen LogP contribution >= 0.6 is 12.6 Å². The van der Waals surface area contributed by atoms with E-state index in [9.17, 15) is 0 Å². The molecule has 0 radical (unpaired) electrons. The van der Waals surface area contributed by atoms with Crippen LogP contribution in [-0.4, -0.2) is 43.5 Å². The lowest BCUT2D eigenvalue weighted by atomic mass is 10.1. The molecular weight excluding hydrogens is 182 g/mol. The van der Waals surface area contributed by atoms with E-state index in [-0.39, 0.29) is 0 Å². The van der Waals surface area contributed by atoms with Gasteiger partial charge >= 0.3 is 0 Å². The molecule has 1 unspecified atom stereocenters. The molecule has 0 amide bonds. The number of hydrogen-bond donors (Lipinski definition) is 1. The molecule has 1 heterocycles. The van der Waals surface area contributed by atoms with E-state index in [0.717, 1.165) is 38.0 Å². The van der Waals surface area contributed by atoms with Crippen LogP contribution in [-0.2, 0) is 4.74 Å². The van der Waals surface area contributed by atoms with Gasteiger partial charge in [-0.3, -0.25) is 4.90 Å². The highest BCUT2D eigenvalue weighted by Gasteiger charge is 2.10. The largest absolute Gasteiger partial charge is 0.379 e. The lowest BCUT2D eigenvalue weighted by molar-refractivity contribution is 0.0356. The molecule has 0 aromatic rings. The molecule has 2 nitrogen and oxygen atoms in total. The normalized spacial score (nSPS) is 21.7. The zero-order chi connectivity index (χ0) is 9.52. The molecule has 0 aliphatic carbocycles. The number of rotatable bonds is 5. The Balaban J connectivity index is 2.03. The van der Waals surface area contributed by atoms with E-state index in [0.29, 0.717) is 0 Å². The first-order valence-corrected chi connectivity index (χ1v) is 5.87. The van der Waals surface area contributed by atoms with Gasteiger partial charge in [0.2, 0.25) is 0 Å². The van der Waals surface area contributed by atoms with Crippen LogP contribution in [0.5, 0.6) is 0 Å². The Kier molecular flexibility index (Phi) is 5.83. The number of morpholine rings is 1. The number of hydrogen-bond acceptors (Lipinski definition) is 3. The lowest BCUT2D eigenvalue weighted by Crippen LogP contribution is -2.37. The first-order valence-electron chi connectivity index (χ1n) is 5.24. The van der Waals surface area contributed by atoms with Crippen molar-refractivity contribution in [2.24, 2.45) is 5.92 Å². The lowest BCUT2D eigenvalue weighted by Gasteiger charge is -2.27. The van der Waals surface area contributed by atoms with Crippen molar-refractivity contribution in [3.63, 3.8) is 0 Å². The summed E-state index contributed by atoms with van der Waals surface area (Å²) in [4.78, 5) is 2.50. The predicted octanol–water partition coefficient (Wildman–Crippen LogP) is 1.66. The van der Waals surface area contributed by atoms with E-state index in [4.69, 9.17) is 4.74 Å². The van der Waals surface area contributed by atoms with Crippen molar-refractivity contribution < 1.29 is 4.74 Å². The minimum atomic E-state index is 0.820. The van der Waals surface area contributed by atoms with Crippen LogP contribution in [0.15, 0.2) is 0 Å². The van der Waals surface area contributed by atoms with Crippen LogP contribution in [0.25, 0.3) is 0 Å². The summed E-state index contributed by atoms with van der Waals surface area (Å²) in [5, 5.41) is 0. The highest BCUT2D eigenvalue weighted by atomic mass is 32.1. The van der Waals surface area contributed by atoms with Crippen molar-refractivity contribution in [1.82, 2.24) is 4.90 Å². The summed E-state index contributed by atoms with van der Waals surface area (Å²) in [7, 11) is 0. The summed E-state index contributed by atoms with van der Waals surface area (Å²) in [5.74, 6) is 1.84. The van der Waals surface area contributed by atoms with Crippen molar-refractivity contribution in [3.8, 4) is 0 Å². The molecule has 1 rings (SSSR count). The number of thiol groups is 1. The summed E-state index contributed by atoms with van der Waals surface area (Å²) in [6.45, 7) is 7.62. The van der Waals surface area contributed by atoms with Crippen LogP contribution in [0.4, 0.5) is 0 Å². The second kappa shape index (κ2) is 6.68. The molecule has 1 fully saturated rings. The number of nitrogens with zero attached hydrogens (tertiary/aromatic N) is 1. The Hall–Kier alpha value is 0.270. The van der Waals surface area contributed by atoms with Gasteiger partial charge in [0.05, 0.1) is 13.2 Å². The quantitative estimate of drug-likeness (QED) is 0.682. The van der Waals surface area contributed by atoms with Gasteiger partial charge in [0.1, 0.15) is 0 Å². The van der Waals surface area contributed by atoms with Gasteiger partial charge in [0, 0.05) is 13.1 Å². The van der Waals surface area contributed by atoms with Gasteiger partial charge < -0.3 is 4.74 Å². The van der Waals surface area contributed by atoms with Crippen LogP contribution in [0.2, 0.25) is 0 Å². The fourth-order valence-corrected chi connectivity index (χ4v) is 2.03. The summed E-state index contributed by atoms with van der Waals surface area (Å²) in [6, 6.07) is 0. The Labute approximate surface area is 87.0 Å². The molecule has 1 aliphatic heterocycles. The van der Waals surface area contributed by atoms with Gasteiger partial charge in [0.25, 0.3) is 0 Å². The summed E-state index contributed by atoms with van der Waals surface area (Å²) in [5.41, 5.74) is 0. The minimum absolute atomic E-state index is 0.820. The average molecular weight is 203 g/mol. The highest BCUT2D eigenvalue weighted by molar-refractivity contribution is 7.80. The monoisotopic (exact) mass is 203 g/mol. The van der Waals surface area contributed by atoms with Crippen molar-refractivity contribution >= 4 is 12.6 Å². The van der Waals surface area contributed by atoms with Crippen LogP contribution in [0.1, 0.15) is 19.8 Å². The smallest absolute Gasteiger partial charge is 0.0594 e. The van der Waals surface area contributed by atoms with Gasteiger partial charge in [0.15, 0.2) is 0 Å². The maximum absolute atomic E-state index is 5.30. The molecule has 0 spiro atoms. The molecule has 0 bridgehead atoms. The Bertz CT molecular complexity index is 126. The average Bonchev–Trinajstić information content (AvgIpc) is 2.17. The topological polar surface area (TPSA) is 12.5 Å². The van der Waals surface area contributed by atoms with E-state index in [1.54, 1.807) is 0 Å². The van der Waals surface area contributed by atoms with E-state index in [2.05, 4.69) is 24.5 Å². The van der Waals surface area contributed by atoms with Crippen LogP contribution < -0.4 is 0 Å². The van der Waals surface area contributed by atoms with Crippen molar-refractivity contribution in [1.29, 1.82) is 0 Å². The predicted molar refractivity (Wildman–Crippen MR) is 59.5 cm³/mol. The molecule has 1 atom stereocenters. The molecule has 0 aromatic carbocycles. The standard InChI is InChI=1S/C10H21NOS/c1-10(3-9-13)2-4-11-5-7-12-8-6-11/h10,13H,2-9H2,1H3. The molecule has 13 heavy (non-hydrogen) atoms. The fraction of sp³-hybridized carbons (Fsp3) is 1.00. The van der Waals surface area contributed by atoms with Gasteiger partial charge in [-0.15, -0.1) is 0 Å². The Morgan fingerprint density at radius 1 is 1.31 bits per heavy atom. The third-order valence-electron chi connectivity index (χ3n) is 2.66. The second-order valence-electron chi connectivity index (χ2n) is 3.86. The summed E-state index contributed by atoms with van der Waals surface area (Å²) < 4.78 is 5.30. The van der Waals surface area contributed by atoms with Crippen molar-refractivity contribution in [3.05, 3.63) is 0 Å². The SMILES string of the molecule is CC(CCS)CCN1CCOCC1. The Morgan fingerprint density at radius 3 is 2.62 bits per heavy atom. The zero-order valence-corrected chi connectivity index (χ0v) is 9.43. The zero-order valence-electron chi connectivity index (χ0n) is 8.54. The van der Waals surface area contributed by atoms with E-state index < -0.39 is 0 Å². The first kappa shape index (κ1) is 11.3. The van der Waals surface area contributed by atoms with Gasteiger partial charge in [-0.1, -0.05) is 6.92 Å². The van der Waals surface area contributed by atoms with Crippen molar-refractivity contribution in [2.45, 2.75) is 19.8 Å². The molecule has 1 aliphatic rings. The molecule has 0 aromatic heterocycles. The molecule has 3 heteroatoms. The Morgan fingerprint density at radius 2 is 2.00 bits per heavy atom. The number of ether oxygens (including phenoxy) is 1. The van der Waals surface area contributed by atoms with Crippen molar-refractivity contribution in [2.75, 3.05) is 38.6 Å². The van der Waals surface area contributed by atoms with Gasteiger partial charge in [-0.05, 0) is 31.1 Å². The third kappa shape index (κ3) is 4.89. The van der Waals surface area contributed by atoms with Crippen LogP contribution in [0.3, 0.4) is 0 Å². The van der Waals surface area contributed by atoms with Gasteiger partial charge in [-0.2, -0.15) is 12.6 Å². The third-order valence-corrected chi connectivity index (χ3v) is 2.92. The minimum Gasteiger partial charge on any atom is -0.379 e. The summed E-state index contributed by atoms with van der Waals surface area (Å²) in [6.07, 6.45) is 2.55. The summed E-state index contributed by atoms with van der Waals surface area (Å²) >= 11 is 4.25. The van der Waals surface area contributed by atoms with E-state index in [1.807, 2.05) is 0 Å². The second-order valence-corrected chi connectivity index (χ2v) is 4.31. The maximum Gasteiger partial charge on any atom is 0.0594 e. The maximum atomic E-state index is 5.30. The molecule has 0 saturated carbocycles. The van der Waals surface area contributed by atoms with E-state index >= 15 is 0 Å².